The number of aryl methyl sites for hydroxylation is 1. The highest BCUT2D eigenvalue weighted by Gasteiger charge is 2.31. The summed E-state index contributed by atoms with van der Waals surface area (Å²) in [6.07, 6.45) is -2.91. The third-order valence-corrected chi connectivity index (χ3v) is 4.87. The summed E-state index contributed by atoms with van der Waals surface area (Å²) in [5, 5.41) is 14.0. The van der Waals surface area contributed by atoms with Crippen LogP contribution in [0.2, 0.25) is 0 Å². The second-order valence-electron chi connectivity index (χ2n) is 6.71. The van der Waals surface area contributed by atoms with E-state index in [-0.39, 0.29) is 18.0 Å². The van der Waals surface area contributed by atoms with Gasteiger partial charge in [-0.3, -0.25) is 0 Å². The lowest BCUT2D eigenvalue weighted by Crippen LogP contribution is -2.45. The van der Waals surface area contributed by atoms with Crippen LogP contribution < -0.4 is 5.32 Å². The maximum atomic E-state index is 12.7. The average Bonchev–Trinajstić information content (AvgIpc) is 3.07. The first kappa shape index (κ1) is 19.1. The molecule has 0 radical (unpaired) electrons. The number of alkyl halides is 3. The van der Waals surface area contributed by atoms with Crippen molar-refractivity contribution in [2.24, 2.45) is 7.05 Å². The minimum absolute atomic E-state index is 0.150. The molecule has 2 aromatic rings. The van der Waals surface area contributed by atoms with Crippen LogP contribution >= 0.6 is 0 Å². The third-order valence-electron chi connectivity index (χ3n) is 4.87. The Hall–Kier alpha value is -2.65. The number of aromatic nitrogens is 4. The summed E-state index contributed by atoms with van der Waals surface area (Å²) in [7, 11) is 1.70. The standard InChI is InChI=1S/C17H21F3N6O/c1-11(15-22-23-24-25(15)2)21-16(27)26-9-7-13(8-10-26)12-3-5-14(6-4-12)17(18,19)20/h3-6,11,13H,7-10H2,1-2H3,(H,21,27). The van der Waals surface area contributed by atoms with E-state index in [0.29, 0.717) is 31.8 Å². The van der Waals surface area contributed by atoms with Crippen LogP contribution in [0.1, 0.15) is 48.7 Å². The molecule has 1 aromatic carbocycles. The number of hydrogen-bond donors (Lipinski definition) is 1. The Bertz CT molecular complexity index is 781. The van der Waals surface area contributed by atoms with Gasteiger partial charge in [-0.05, 0) is 53.8 Å². The fourth-order valence-corrected chi connectivity index (χ4v) is 3.30. The predicted octanol–water partition coefficient (Wildman–Crippen LogP) is 2.88. The number of carbonyl (C=O) groups is 1. The molecule has 0 aliphatic carbocycles. The van der Waals surface area contributed by atoms with Crippen LogP contribution in [-0.2, 0) is 13.2 Å². The monoisotopic (exact) mass is 382 g/mol. The number of likely N-dealkylation sites (tertiary alicyclic amines) is 1. The van der Waals surface area contributed by atoms with E-state index in [0.717, 1.165) is 17.7 Å². The molecule has 2 amide bonds. The summed E-state index contributed by atoms with van der Waals surface area (Å²) >= 11 is 0. The van der Waals surface area contributed by atoms with Crippen molar-refractivity contribution in [1.82, 2.24) is 30.4 Å². The third kappa shape index (κ3) is 4.37. The van der Waals surface area contributed by atoms with Crippen molar-refractivity contribution in [3.8, 4) is 0 Å². The minimum atomic E-state index is -4.32. The Morgan fingerprint density at radius 2 is 1.85 bits per heavy atom. The van der Waals surface area contributed by atoms with E-state index in [1.807, 2.05) is 0 Å². The second kappa shape index (κ2) is 7.53. The maximum Gasteiger partial charge on any atom is 0.416 e. The van der Waals surface area contributed by atoms with Gasteiger partial charge in [0.05, 0.1) is 11.6 Å². The number of urea groups is 1. The van der Waals surface area contributed by atoms with E-state index in [2.05, 4.69) is 20.8 Å². The number of halogens is 3. The van der Waals surface area contributed by atoms with Gasteiger partial charge in [-0.25, -0.2) is 9.48 Å². The van der Waals surface area contributed by atoms with Gasteiger partial charge in [0.1, 0.15) is 0 Å². The van der Waals surface area contributed by atoms with Gasteiger partial charge in [-0.2, -0.15) is 13.2 Å². The Balaban J connectivity index is 1.54. The molecule has 2 heterocycles. The predicted molar refractivity (Wildman–Crippen MR) is 90.7 cm³/mol. The number of amides is 2. The van der Waals surface area contributed by atoms with Gasteiger partial charge in [0.25, 0.3) is 0 Å². The number of nitrogens with one attached hydrogen (secondary N) is 1. The van der Waals surface area contributed by atoms with Crippen molar-refractivity contribution in [1.29, 1.82) is 0 Å². The molecule has 1 saturated heterocycles. The molecule has 146 valence electrons. The normalized spacial score (nSPS) is 17.0. The molecule has 1 N–H and O–H groups in total. The zero-order chi connectivity index (χ0) is 19.6. The lowest BCUT2D eigenvalue weighted by atomic mass is 9.89. The molecule has 1 fully saturated rings. The summed E-state index contributed by atoms with van der Waals surface area (Å²) < 4.78 is 39.5. The molecule has 3 rings (SSSR count). The van der Waals surface area contributed by atoms with Gasteiger partial charge >= 0.3 is 12.2 Å². The average molecular weight is 382 g/mol. The van der Waals surface area contributed by atoms with E-state index >= 15 is 0 Å². The molecular weight excluding hydrogens is 361 g/mol. The van der Waals surface area contributed by atoms with E-state index in [1.165, 1.54) is 16.8 Å². The molecule has 7 nitrogen and oxygen atoms in total. The molecule has 0 bridgehead atoms. The number of nitrogens with zero attached hydrogens (tertiary/aromatic N) is 5. The summed E-state index contributed by atoms with van der Waals surface area (Å²) in [4.78, 5) is 14.1. The largest absolute Gasteiger partial charge is 0.416 e. The van der Waals surface area contributed by atoms with Crippen LogP contribution in [0, 0.1) is 0 Å². The number of carbonyl (C=O) groups excluding carboxylic acids is 1. The van der Waals surface area contributed by atoms with Crippen molar-refractivity contribution >= 4 is 6.03 Å². The van der Waals surface area contributed by atoms with Crippen LogP contribution in [0.25, 0.3) is 0 Å². The van der Waals surface area contributed by atoms with Crippen molar-refractivity contribution in [2.75, 3.05) is 13.1 Å². The molecular formula is C17H21F3N6O. The molecule has 27 heavy (non-hydrogen) atoms. The molecule has 1 aliphatic heterocycles. The van der Waals surface area contributed by atoms with Crippen molar-refractivity contribution in [3.05, 3.63) is 41.2 Å². The number of rotatable bonds is 3. The number of piperidine rings is 1. The van der Waals surface area contributed by atoms with E-state index in [4.69, 9.17) is 0 Å². The van der Waals surface area contributed by atoms with Gasteiger partial charge in [-0.1, -0.05) is 12.1 Å². The highest BCUT2D eigenvalue weighted by Crippen LogP contribution is 2.33. The molecule has 0 spiro atoms. The number of tetrazole rings is 1. The van der Waals surface area contributed by atoms with Crippen molar-refractivity contribution in [3.63, 3.8) is 0 Å². The lowest BCUT2D eigenvalue weighted by molar-refractivity contribution is -0.137. The Labute approximate surface area is 154 Å². The smallest absolute Gasteiger partial charge is 0.328 e. The summed E-state index contributed by atoms with van der Waals surface area (Å²) in [6.45, 7) is 2.89. The first-order valence-electron chi connectivity index (χ1n) is 8.70. The number of benzene rings is 1. The van der Waals surface area contributed by atoms with Gasteiger partial charge < -0.3 is 10.2 Å². The van der Waals surface area contributed by atoms with Crippen LogP contribution in [0.3, 0.4) is 0 Å². The van der Waals surface area contributed by atoms with E-state index in [1.54, 1.807) is 18.9 Å². The minimum Gasteiger partial charge on any atom is -0.328 e. The van der Waals surface area contributed by atoms with Crippen LogP contribution in [-0.4, -0.2) is 44.2 Å². The summed E-state index contributed by atoms with van der Waals surface area (Å²) in [5.41, 5.74) is 0.233. The molecule has 0 saturated carbocycles. The van der Waals surface area contributed by atoms with Gasteiger partial charge in [0.15, 0.2) is 5.82 Å². The molecule has 10 heteroatoms. The van der Waals surface area contributed by atoms with E-state index in [9.17, 15) is 18.0 Å². The Morgan fingerprint density at radius 1 is 1.22 bits per heavy atom. The van der Waals surface area contributed by atoms with Crippen LogP contribution in [0.4, 0.5) is 18.0 Å². The molecule has 1 aliphatic rings. The maximum absolute atomic E-state index is 12.7. The Kier molecular flexibility index (Phi) is 5.33. The first-order valence-corrected chi connectivity index (χ1v) is 8.70. The zero-order valence-electron chi connectivity index (χ0n) is 15.1. The van der Waals surface area contributed by atoms with Gasteiger partial charge in [0.2, 0.25) is 0 Å². The van der Waals surface area contributed by atoms with Crippen molar-refractivity contribution in [2.45, 2.75) is 37.9 Å². The quantitative estimate of drug-likeness (QED) is 0.886. The number of hydrogen-bond acceptors (Lipinski definition) is 4. The fourth-order valence-electron chi connectivity index (χ4n) is 3.30. The fraction of sp³-hybridized carbons (Fsp3) is 0.529. The van der Waals surface area contributed by atoms with Gasteiger partial charge in [0, 0.05) is 20.1 Å². The van der Waals surface area contributed by atoms with Crippen LogP contribution in [0.15, 0.2) is 24.3 Å². The summed E-state index contributed by atoms with van der Waals surface area (Å²) in [5.74, 6) is 0.708. The summed E-state index contributed by atoms with van der Waals surface area (Å²) in [6, 6.07) is 4.77. The first-order chi connectivity index (χ1) is 12.8. The molecule has 1 unspecified atom stereocenters. The lowest BCUT2D eigenvalue weighted by Gasteiger charge is -2.33. The SMILES string of the molecule is CC(NC(=O)N1CCC(c2ccc(C(F)(F)F)cc2)CC1)c1nnnn1C. The van der Waals surface area contributed by atoms with Crippen LogP contribution in [0.5, 0.6) is 0 Å². The molecule has 1 aromatic heterocycles. The topological polar surface area (TPSA) is 75.9 Å². The Morgan fingerprint density at radius 3 is 2.37 bits per heavy atom. The second-order valence-corrected chi connectivity index (χ2v) is 6.71. The van der Waals surface area contributed by atoms with Crippen molar-refractivity contribution < 1.29 is 18.0 Å². The zero-order valence-corrected chi connectivity index (χ0v) is 15.1. The van der Waals surface area contributed by atoms with Gasteiger partial charge in [-0.15, -0.1) is 5.10 Å². The highest BCUT2D eigenvalue weighted by molar-refractivity contribution is 5.74. The highest BCUT2D eigenvalue weighted by atomic mass is 19.4. The molecule has 1 atom stereocenters. The van der Waals surface area contributed by atoms with E-state index < -0.39 is 11.7 Å².